The van der Waals surface area contributed by atoms with Crippen LogP contribution in [0.2, 0.25) is 0 Å². The van der Waals surface area contributed by atoms with Gasteiger partial charge in [-0.2, -0.15) is 0 Å². The number of H-pyrrole nitrogens is 2. The van der Waals surface area contributed by atoms with Crippen molar-refractivity contribution in [2.75, 3.05) is 0 Å². The fourth-order valence-electron chi connectivity index (χ4n) is 2.37. The molecule has 21 heavy (non-hydrogen) atoms. The lowest BCUT2D eigenvalue weighted by Crippen LogP contribution is -1.91. The van der Waals surface area contributed by atoms with E-state index in [1.165, 1.54) is 0 Å². The van der Waals surface area contributed by atoms with Crippen LogP contribution in [0.1, 0.15) is 18.0 Å². The summed E-state index contributed by atoms with van der Waals surface area (Å²) in [6.45, 7) is 2.13. The number of rotatable bonds is 3. The van der Waals surface area contributed by atoms with Gasteiger partial charge in [-0.3, -0.25) is 0 Å². The fourth-order valence-corrected chi connectivity index (χ4v) is 3.25. The maximum Gasteiger partial charge on any atom is 0.167 e. The first-order valence-corrected chi connectivity index (χ1v) is 7.73. The largest absolute Gasteiger partial charge is 0.341 e. The van der Waals surface area contributed by atoms with E-state index in [0.29, 0.717) is 0 Å². The molecule has 2 aromatic heterocycles. The third-order valence-corrected chi connectivity index (χ3v) is 4.44. The lowest BCUT2D eigenvalue weighted by Gasteiger charge is -2.04. The highest BCUT2D eigenvalue weighted by molar-refractivity contribution is 7.99. The summed E-state index contributed by atoms with van der Waals surface area (Å²) in [5, 5.41) is 1.13. The third kappa shape index (κ3) is 2.29. The first kappa shape index (κ1) is 12.5. The maximum absolute atomic E-state index is 4.64. The van der Waals surface area contributed by atoms with Crippen molar-refractivity contribution in [1.29, 1.82) is 0 Å². The minimum absolute atomic E-state index is 0.206. The highest BCUT2D eigenvalue weighted by atomic mass is 32.2. The van der Waals surface area contributed by atoms with E-state index in [2.05, 4.69) is 26.9 Å². The molecular weight excluding hydrogens is 280 g/mol. The second kappa shape index (κ2) is 4.93. The molecule has 4 rings (SSSR count). The number of aromatic amines is 2. The molecule has 2 N–H and O–H groups in total. The Hall–Kier alpha value is -2.27. The van der Waals surface area contributed by atoms with E-state index in [1.807, 2.05) is 48.5 Å². The molecule has 0 aliphatic carbocycles. The number of benzene rings is 2. The van der Waals surface area contributed by atoms with E-state index in [4.69, 9.17) is 0 Å². The zero-order chi connectivity index (χ0) is 14.2. The monoisotopic (exact) mass is 294 g/mol. The van der Waals surface area contributed by atoms with Crippen LogP contribution in [-0.4, -0.2) is 19.9 Å². The molecule has 0 radical (unpaired) electrons. The van der Waals surface area contributed by atoms with Crippen molar-refractivity contribution < 1.29 is 0 Å². The molecule has 1 atom stereocenters. The van der Waals surface area contributed by atoms with Crippen LogP contribution in [0.15, 0.2) is 53.7 Å². The number of nitrogens with zero attached hydrogens (tertiary/aromatic N) is 2. The molecule has 0 amide bonds. The Bertz CT molecular complexity index is 843. The lowest BCUT2D eigenvalue weighted by molar-refractivity contribution is 0.956. The molecule has 0 fully saturated rings. The summed E-state index contributed by atoms with van der Waals surface area (Å²) in [5.74, 6) is 0.974. The molecular formula is C16H14N4S. The number of para-hydroxylation sites is 4. The zero-order valence-corrected chi connectivity index (χ0v) is 12.3. The van der Waals surface area contributed by atoms with E-state index >= 15 is 0 Å². The smallest absolute Gasteiger partial charge is 0.167 e. The van der Waals surface area contributed by atoms with Gasteiger partial charge in [0, 0.05) is 0 Å². The number of aromatic nitrogens is 4. The Balaban J connectivity index is 1.63. The summed E-state index contributed by atoms with van der Waals surface area (Å²) in [6, 6.07) is 16.2. The van der Waals surface area contributed by atoms with Crippen molar-refractivity contribution in [3.8, 4) is 0 Å². The maximum atomic E-state index is 4.64. The Morgan fingerprint density at radius 2 is 1.48 bits per heavy atom. The fraction of sp³-hybridized carbons (Fsp3) is 0.125. The third-order valence-electron chi connectivity index (χ3n) is 3.45. The summed E-state index contributed by atoms with van der Waals surface area (Å²) < 4.78 is 0. The van der Waals surface area contributed by atoms with Gasteiger partial charge in [0.15, 0.2) is 5.16 Å². The lowest BCUT2D eigenvalue weighted by atomic mass is 10.3. The molecule has 0 bridgehead atoms. The van der Waals surface area contributed by atoms with Crippen LogP contribution in [0.4, 0.5) is 0 Å². The van der Waals surface area contributed by atoms with E-state index in [1.54, 1.807) is 11.8 Å². The number of nitrogens with one attached hydrogen (secondary N) is 2. The van der Waals surface area contributed by atoms with Crippen molar-refractivity contribution in [3.05, 3.63) is 54.4 Å². The summed E-state index contributed by atoms with van der Waals surface area (Å²) in [4.78, 5) is 16.0. The molecule has 0 aliphatic heterocycles. The first-order chi connectivity index (χ1) is 10.3. The summed E-state index contributed by atoms with van der Waals surface area (Å²) >= 11 is 1.68. The average molecular weight is 294 g/mol. The van der Waals surface area contributed by atoms with Gasteiger partial charge in [-0.25, -0.2) is 9.97 Å². The van der Waals surface area contributed by atoms with Crippen LogP contribution < -0.4 is 0 Å². The van der Waals surface area contributed by atoms with Crippen LogP contribution in [-0.2, 0) is 0 Å². The molecule has 2 aromatic carbocycles. The van der Waals surface area contributed by atoms with Crippen molar-refractivity contribution >= 4 is 33.8 Å². The summed E-state index contributed by atoms with van der Waals surface area (Å²) in [5.41, 5.74) is 4.14. The molecule has 0 aliphatic rings. The predicted molar refractivity (Wildman–Crippen MR) is 86.5 cm³/mol. The van der Waals surface area contributed by atoms with Crippen molar-refractivity contribution in [3.63, 3.8) is 0 Å². The van der Waals surface area contributed by atoms with Gasteiger partial charge >= 0.3 is 0 Å². The van der Waals surface area contributed by atoms with Gasteiger partial charge in [0.25, 0.3) is 0 Å². The van der Waals surface area contributed by atoms with E-state index in [-0.39, 0.29) is 5.25 Å². The molecule has 1 unspecified atom stereocenters. The number of thioether (sulfide) groups is 1. The molecule has 0 spiro atoms. The van der Waals surface area contributed by atoms with Gasteiger partial charge in [-0.05, 0) is 31.2 Å². The minimum atomic E-state index is 0.206. The van der Waals surface area contributed by atoms with Gasteiger partial charge in [0.1, 0.15) is 5.82 Å². The topological polar surface area (TPSA) is 57.4 Å². The Morgan fingerprint density at radius 3 is 2.14 bits per heavy atom. The second-order valence-corrected chi connectivity index (χ2v) is 6.29. The quantitative estimate of drug-likeness (QED) is 0.554. The second-order valence-electron chi connectivity index (χ2n) is 4.96. The molecule has 0 saturated heterocycles. The Labute approximate surface area is 126 Å². The predicted octanol–water partition coefficient (Wildman–Crippen LogP) is 4.29. The molecule has 4 aromatic rings. The van der Waals surface area contributed by atoms with Crippen molar-refractivity contribution in [2.45, 2.75) is 17.3 Å². The normalized spacial score (nSPS) is 13.0. The molecule has 2 heterocycles. The number of fused-ring (bicyclic) bond motifs is 2. The van der Waals surface area contributed by atoms with E-state index in [0.717, 1.165) is 33.0 Å². The molecule has 5 heteroatoms. The van der Waals surface area contributed by atoms with Crippen LogP contribution in [0.25, 0.3) is 22.1 Å². The van der Waals surface area contributed by atoms with Crippen LogP contribution in [0.3, 0.4) is 0 Å². The summed E-state index contributed by atoms with van der Waals surface area (Å²) in [7, 11) is 0. The Kier molecular flexibility index (Phi) is 2.93. The SMILES string of the molecule is CC(Sc1nc2ccccc2[nH]1)c1nc2ccccc2[nH]1. The van der Waals surface area contributed by atoms with Gasteiger partial charge in [-0.1, -0.05) is 36.0 Å². The van der Waals surface area contributed by atoms with Crippen LogP contribution >= 0.6 is 11.8 Å². The first-order valence-electron chi connectivity index (χ1n) is 6.85. The average Bonchev–Trinajstić information content (AvgIpc) is 3.10. The molecule has 0 saturated carbocycles. The van der Waals surface area contributed by atoms with Crippen molar-refractivity contribution in [2.24, 2.45) is 0 Å². The van der Waals surface area contributed by atoms with Crippen LogP contribution in [0, 0.1) is 0 Å². The zero-order valence-electron chi connectivity index (χ0n) is 11.5. The Morgan fingerprint density at radius 1 is 0.857 bits per heavy atom. The van der Waals surface area contributed by atoms with Gasteiger partial charge in [0.05, 0.1) is 27.3 Å². The number of imidazole rings is 2. The van der Waals surface area contributed by atoms with Crippen LogP contribution in [0.5, 0.6) is 0 Å². The molecule has 4 nitrogen and oxygen atoms in total. The highest BCUT2D eigenvalue weighted by Gasteiger charge is 2.14. The standard InChI is InChI=1S/C16H14N4S/c1-10(15-17-11-6-2-3-7-12(11)18-15)21-16-19-13-8-4-5-9-14(13)20-16/h2-10H,1H3,(H,17,18)(H,19,20). The van der Waals surface area contributed by atoms with E-state index in [9.17, 15) is 0 Å². The molecule has 104 valence electrons. The number of hydrogen-bond acceptors (Lipinski definition) is 3. The highest BCUT2D eigenvalue weighted by Crippen LogP contribution is 2.33. The number of hydrogen-bond donors (Lipinski definition) is 2. The minimum Gasteiger partial charge on any atom is -0.341 e. The van der Waals surface area contributed by atoms with Crippen molar-refractivity contribution in [1.82, 2.24) is 19.9 Å². The van der Waals surface area contributed by atoms with Gasteiger partial charge in [0.2, 0.25) is 0 Å². The van der Waals surface area contributed by atoms with Gasteiger partial charge < -0.3 is 9.97 Å². The van der Waals surface area contributed by atoms with Gasteiger partial charge in [-0.15, -0.1) is 0 Å². The summed E-state index contributed by atoms with van der Waals surface area (Å²) in [6.07, 6.45) is 0. The van der Waals surface area contributed by atoms with E-state index < -0.39 is 0 Å².